The van der Waals surface area contributed by atoms with Crippen LogP contribution in [0.5, 0.6) is 0 Å². The third-order valence-corrected chi connectivity index (χ3v) is 7.39. The van der Waals surface area contributed by atoms with Gasteiger partial charge in [0.2, 0.25) is 0 Å². The first kappa shape index (κ1) is 23.5. The Bertz CT molecular complexity index is 1330. The van der Waals surface area contributed by atoms with Crippen molar-refractivity contribution in [2.75, 3.05) is 0 Å². The molecule has 8 nitrogen and oxygen atoms in total. The number of pyridine rings is 1. The Morgan fingerprint density at radius 1 is 1.20 bits per heavy atom. The molecule has 3 heterocycles. The van der Waals surface area contributed by atoms with Crippen molar-refractivity contribution in [3.8, 4) is 0 Å². The summed E-state index contributed by atoms with van der Waals surface area (Å²) in [4.78, 5) is 18.8. The van der Waals surface area contributed by atoms with E-state index in [4.69, 9.17) is 4.42 Å². The van der Waals surface area contributed by atoms with E-state index in [0.717, 1.165) is 53.7 Å². The van der Waals surface area contributed by atoms with Gasteiger partial charge in [0.15, 0.2) is 5.82 Å². The van der Waals surface area contributed by atoms with Crippen LogP contribution in [-0.4, -0.2) is 36.1 Å². The zero-order valence-corrected chi connectivity index (χ0v) is 20.8. The molecule has 1 fully saturated rings. The summed E-state index contributed by atoms with van der Waals surface area (Å²) in [5.74, 6) is 1.65. The maximum atomic E-state index is 13.2. The second-order valence-corrected chi connectivity index (χ2v) is 9.84. The second-order valence-electron chi connectivity index (χ2n) is 9.84. The number of fused-ring (bicyclic) bond motifs is 1. The number of aromatic nitrogens is 5. The van der Waals surface area contributed by atoms with Crippen molar-refractivity contribution in [1.29, 1.82) is 0 Å². The van der Waals surface area contributed by atoms with Crippen LogP contribution in [-0.2, 0) is 13.1 Å². The molecule has 1 aliphatic carbocycles. The monoisotopic (exact) mass is 474 g/mol. The lowest BCUT2D eigenvalue weighted by molar-refractivity contribution is 0.108. The van der Waals surface area contributed by atoms with Crippen LogP contribution in [0.25, 0.3) is 10.9 Å². The summed E-state index contributed by atoms with van der Waals surface area (Å²) >= 11 is 0. The predicted molar refractivity (Wildman–Crippen MR) is 135 cm³/mol. The van der Waals surface area contributed by atoms with Gasteiger partial charge in [0.1, 0.15) is 12.3 Å². The number of hydrogen-bond donors (Lipinski definition) is 1. The molecule has 1 aliphatic rings. The third kappa shape index (κ3) is 4.93. The normalized spacial score (nSPS) is 15.4. The molecule has 5 rings (SSSR count). The lowest BCUT2D eigenvalue weighted by Gasteiger charge is -2.35. The number of furan rings is 1. The Labute approximate surface area is 205 Å². The average Bonchev–Trinajstić information content (AvgIpc) is 3.62. The predicted octanol–water partition coefficient (Wildman–Crippen LogP) is 5.06. The maximum Gasteiger partial charge on any atom is 0.252 e. The lowest BCUT2D eigenvalue weighted by atomic mass is 10.0. The molecule has 0 amide bonds. The minimum Gasteiger partial charge on any atom is -0.467 e. The van der Waals surface area contributed by atoms with Crippen molar-refractivity contribution in [3.05, 3.63) is 75.2 Å². The molecular formula is C27H34N6O2. The number of H-pyrrole nitrogens is 1. The summed E-state index contributed by atoms with van der Waals surface area (Å²) in [5.41, 5.74) is 4.07. The van der Waals surface area contributed by atoms with Gasteiger partial charge in [-0.25, -0.2) is 4.68 Å². The van der Waals surface area contributed by atoms with E-state index in [9.17, 15) is 4.79 Å². The molecule has 0 radical (unpaired) electrons. The number of nitrogens with one attached hydrogen (secondary N) is 1. The van der Waals surface area contributed by atoms with Gasteiger partial charge in [-0.1, -0.05) is 26.2 Å². The van der Waals surface area contributed by atoms with Crippen molar-refractivity contribution in [2.24, 2.45) is 0 Å². The fourth-order valence-electron chi connectivity index (χ4n) is 5.40. The minimum atomic E-state index is -0.0193. The van der Waals surface area contributed by atoms with E-state index in [1.165, 1.54) is 24.0 Å². The number of aryl methyl sites for hydroxylation is 2. The van der Waals surface area contributed by atoms with Crippen LogP contribution in [0.4, 0.5) is 0 Å². The second kappa shape index (κ2) is 10.2. The first-order valence-corrected chi connectivity index (χ1v) is 12.7. The third-order valence-electron chi connectivity index (χ3n) is 7.39. The van der Waals surface area contributed by atoms with Crippen LogP contribution < -0.4 is 5.56 Å². The van der Waals surface area contributed by atoms with Crippen LogP contribution in [0.2, 0.25) is 0 Å². The number of aromatic amines is 1. The first-order valence-electron chi connectivity index (χ1n) is 12.7. The van der Waals surface area contributed by atoms with Crippen LogP contribution in [0.1, 0.15) is 79.8 Å². The molecule has 0 spiro atoms. The van der Waals surface area contributed by atoms with Crippen molar-refractivity contribution in [1.82, 2.24) is 30.1 Å². The quantitative estimate of drug-likeness (QED) is 0.365. The molecule has 0 saturated heterocycles. The van der Waals surface area contributed by atoms with Gasteiger partial charge < -0.3 is 9.40 Å². The Morgan fingerprint density at radius 2 is 2.00 bits per heavy atom. The zero-order chi connectivity index (χ0) is 24.4. The molecule has 4 aromatic rings. The molecule has 1 N–H and O–H groups in total. The molecule has 3 aromatic heterocycles. The highest BCUT2D eigenvalue weighted by atomic mass is 16.3. The molecule has 0 bridgehead atoms. The Kier molecular flexibility index (Phi) is 6.81. The Hall–Kier alpha value is -3.26. The average molecular weight is 475 g/mol. The topological polar surface area (TPSA) is 92.8 Å². The van der Waals surface area contributed by atoms with Crippen LogP contribution in [0, 0.1) is 13.8 Å². The molecule has 1 unspecified atom stereocenters. The number of benzene rings is 1. The number of hydrogen-bond acceptors (Lipinski definition) is 6. The van der Waals surface area contributed by atoms with E-state index in [-0.39, 0.29) is 11.6 Å². The van der Waals surface area contributed by atoms with E-state index in [2.05, 4.69) is 64.4 Å². The highest BCUT2D eigenvalue weighted by Crippen LogP contribution is 2.34. The molecule has 1 saturated carbocycles. The van der Waals surface area contributed by atoms with Crippen LogP contribution in [0.3, 0.4) is 0 Å². The highest BCUT2D eigenvalue weighted by Gasteiger charge is 2.33. The lowest BCUT2D eigenvalue weighted by Crippen LogP contribution is -2.39. The van der Waals surface area contributed by atoms with Crippen LogP contribution in [0.15, 0.2) is 45.8 Å². The smallest absolute Gasteiger partial charge is 0.252 e. The molecule has 35 heavy (non-hydrogen) atoms. The van der Waals surface area contributed by atoms with E-state index in [1.54, 1.807) is 6.26 Å². The van der Waals surface area contributed by atoms with Crippen molar-refractivity contribution >= 4 is 10.9 Å². The van der Waals surface area contributed by atoms with Crippen LogP contribution >= 0.6 is 0 Å². The maximum absolute atomic E-state index is 13.2. The number of tetrazole rings is 1. The van der Waals surface area contributed by atoms with Gasteiger partial charge in [0, 0.05) is 23.7 Å². The van der Waals surface area contributed by atoms with E-state index < -0.39 is 0 Å². The molecule has 1 atom stereocenters. The van der Waals surface area contributed by atoms with E-state index >= 15 is 0 Å². The van der Waals surface area contributed by atoms with Gasteiger partial charge in [-0.15, -0.1) is 5.10 Å². The van der Waals surface area contributed by atoms with E-state index in [0.29, 0.717) is 19.1 Å². The Balaban J connectivity index is 1.53. The summed E-state index contributed by atoms with van der Waals surface area (Å²) in [6, 6.07) is 10.5. The summed E-state index contributed by atoms with van der Waals surface area (Å²) in [6.07, 6.45) is 8.26. The SMILES string of the molecule is CCCC(c1nnnn1Cc1ccco1)N(Cc1cc2cc(C)c(C)cc2[nH]c1=O)C1CCCC1. The van der Waals surface area contributed by atoms with Gasteiger partial charge in [-0.2, -0.15) is 0 Å². The Morgan fingerprint density at radius 3 is 2.74 bits per heavy atom. The van der Waals surface area contributed by atoms with Crippen molar-refractivity contribution in [3.63, 3.8) is 0 Å². The van der Waals surface area contributed by atoms with Gasteiger partial charge in [0.05, 0.1) is 12.3 Å². The summed E-state index contributed by atoms with van der Waals surface area (Å²) in [6.45, 7) is 7.43. The minimum absolute atomic E-state index is 0.0166. The van der Waals surface area contributed by atoms with Crippen molar-refractivity contribution in [2.45, 2.75) is 84.5 Å². The van der Waals surface area contributed by atoms with Gasteiger partial charge in [-0.3, -0.25) is 9.69 Å². The summed E-state index contributed by atoms with van der Waals surface area (Å²) in [5, 5.41) is 13.9. The molecule has 0 aliphatic heterocycles. The largest absolute Gasteiger partial charge is 0.467 e. The standard InChI is InChI=1S/C27H34N6O2/c1-4-8-25(26-29-30-31-33(26)17-23-11-7-12-35-23)32(22-9-5-6-10-22)16-21-15-20-13-18(2)19(3)14-24(20)28-27(21)34/h7,11-15,22,25H,4-6,8-10,16-17H2,1-3H3,(H,28,34). The summed E-state index contributed by atoms with van der Waals surface area (Å²) < 4.78 is 7.40. The van der Waals surface area contributed by atoms with Gasteiger partial charge in [0.25, 0.3) is 5.56 Å². The molecular weight excluding hydrogens is 440 g/mol. The zero-order valence-electron chi connectivity index (χ0n) is 20.8. The highest BCUT2D eigenvalue weighted by molar-refractivity contribution is 5.80. The number of rotatable bonds is 9. The van der Waals surface area contributed by atoms with Gasteiger partial charge >= 0.3 is 0 Å². The molecule has 184 valence electrons. The van der Waals surface area contributed by atoms with E-state index in [1.807, 2.05) is 16.8 Å². The molecule has 1 aromatic carbocycles. The molecule has 8 heteroatoms. The number of nitrogens with zero attached hydrogens (tertiary/aromatic N) is 5. The first-order chi connectivity index (χ1) is 17.0. The van der Waals surface area contributed by atoms with Crippen molar-refractivity contribution < 1.29 is 4.42 Å². The fourth-order valence-corrected chi connectivity index (χ4v) is 5.40. The fraction of sp³-hybridized carbons (Fsp3) is 0.481. The summed E-state index contributed by atoms with van der Waals surface area (Å²) in [7, 11) is 0. The van der Waals surface area contributed by atoms with Gasteiger partial charge in [-0.05, 0) is 90.4 Å².